The number of allylic oxidation sites excluding steroid dienone is 1. The third-order valence-corrected chi connectivity index (χ3v) is 5.26. The van der Waals surface area contributed by atoms with Crippen molar-refractivity contribution in [3.8, 4) is 0 Å². The van der Waals surface area contributed by atoms with Crippen molar-refractivity contribution in [2.45, 2.75) is 50.7 Å². The number of hydrogen-bond donors (Lipinski definition) is 1. The Morgan fingerprint density at radius 3 is 2.65 bits per heavy atom. The zero-order valence-electron chi connectivity index (χ0n) is 14.9. The molecule has 0 radical (unpaired) electrons. The number of rotatable bonds is 5. The van der Waals surface area contributed by atoms with Crippen LogP contribution in [0.25, 0.3) is 6.08 Å². The van der Waals surface area contributed by atoms with E-state index >= 15 is 0 Å². The standard InChI is InChI=1S/C22H24F3N/c1-15(19-11-5-8-17-7-2-3-10-20(17)19)21(26)13-12-16-6-4-9-18(14-16)22(23,24)25/h2,4-9,11,14-15,21H,3,10,12-13,26H2,1H3. The molecule has 1 nitrogen and oxygen atoms in total. The van der Waals surface area contributed by atoms with Gasteiger partial charge >= 0.3 is 6.18 Å². The first-order chi connectivity index (χ1) is 12.4. The number of nitrogens with two attached hydrogens (primary N) is 1. The van der Waals surface area contributed by atoms with Gasteiger partial charge in [0, 0.05) is 6.04 Å². The first kappa shape index (κ1) is 18.7. The van der Waals surface area contributed by atoms with Gasteiger partial charge in [-0.05, 0) is 59.9 Å². The molecule has 2 unspecified atom stereocenters. The van der Waals surface area contributed by atoms with Crippen molar-refractivity contribution in [3.63, 3.8) is 0 Å². The van der Waals surface area contributed by atoms with Gasteiger partial charge in [0.05, 0.1) is 5.56 Å². The van der Waals surface area contributed by atoms with E-state index in [1.165, 1.54) is 28.8 Å². The van der Waals surface area contributed by atoms with Crippen LogP contribution < -0.4 is 5.73 Å². The lowest BCUT2D eigenvalue weighted by molar-refractivity contribution is -0.137. The van der Waals surface area contributed by atoms with Crippen molar-refractivity contribution in [1.82, 2.24) is 0 Å². The first-order valence-corrected chi connectivity index (χ1v) is 9.06. The Labute approximate surface area is 152 Å². The summed E-state index contributed by atoms with van der Waals surface area (Å²) in [6.07, 6.45) is 3.30. The third kappa shape index (κ3) is 4.18. The van der Waals surface area contributed by atoms with E-state index in [-0.39, 0.29) is 12.0 Å². The summed E-state index contributed by atoms with van der Waals surface area (Å²) >= 11 is 0. The molecule has 3 rings (SSSR count). The highest BCUT2D eigenvalue weighted by Gasteiger charge is 2.30. The zero-order valence-corrected chi connectivity index (χ0v) is 14.9. The van der Waals surface area contributed by atoms with Crippen molar-refractivity contribution >= 4 is 6.08 Å². The molecule has 138 valence electrons. The lowest BCUT2D eigenvalue weighted by Gasteiger charge is -2.25. The van der Waals surface area contributed by atoms with Crippen LogP contribution in [0.2, 0.25) is 0 Å². The summed E-state index contributed by atoms with van der Waals surface area (Å²) in [7, 11) is 0. The molecule has 0 amide bonds. The highest BCUT2D eigenvalue weighted by molar-refractivity contribution is 5.59. The van der Waals surface area contributed by atoms with Crippen LogP contribution in [0.15, 0.2) is 48.5 Å². The van der Waals surface area contributed by atoms with Crippen molar-refractivity contribution in [3.05, 3.63) is 76.4 Å². The normalized spacial score (nSPS) is 16.2. The number of fused-ring (bicyclic) bond motifs is 1. The molecule has 0 saturated carbocycles. The Balaban J connectivity index is 1.69. The minimum Gasteiger partial charge on any atom is -0.327 e. The van der Waals surface area contributed by atoms with Gasteiger partial charge in [0.25, 0.3) is 0 Å². The van der Waals surface area contributed by atoms with Gasteiger partial charge in [0.1, 0.15) is 0 Å². The molecule has 26 heavy (non-hydrogen) atoms. The number of benzene rings is 2. The van der Waals surface area contributed by atoms with E-state index in [4.69, 9.17) is 5.73 Å². The Kier molecular flexibility index (Phi) is 5.52. The van der Waals surface area contributed by atoms with Gasteiger partial charge < -0.3 is 5.73 Å². The van der Waals surface area contributed by atoms with Crippen LogP contribution in [0.3, 0.4) is 0 Å². The van der Waals surface area contributed by atoms with Crippen LogP contribution in [0.4, 0.5) is 13.2 Å². The van der Waals surface area contributed by atoms with Crippen molar-refractivity contribution < 1.29 is 13.2 Å². The van der Waals surface area contributed by atoms with E-state index in [0.29, 0.717) is 18.4 Å². The molecule has 2 N–H and O–H groups in total. The molecule has 0 fully saturated rings. The van der Waals surface area contributed by atoms with Gasteiger partial charge in [-0.3, -0.25) is 0 Å². The molecular weight excluding hydrogens is 335 g/mol. The van der Waals surface area contributed by atoms with Gasteiger partial charge in [-0.15, -0.1) is 0 Å². The predicted molar refractivity (Wildman–Crippen MR) is 100.0 cm³/mol. The molecule has 2 aromatic carbocycles. The first-order valence-electron chi connectivity index (χ1n) is 9.06. The summed E-state index contributed by atoms with van der Waals surface area (Å²) in [4.78, 5) is 0. The van der Waals surface area contributed by atoms with E-state index in [1.54, 1.807) is 6.07 Å². The molecule has 1 aliphatic rings. The van der Waals surface area contributed by atoms with Gasteiger partial charge in [-0.2, -0.15) is 13.2 Å². The smallest absolute Gasteiger partial charge is 0.327 e. The van der Waals surface area contributed by atoms with Crippen LogP contribution in [0.5, 0.6) is 0 Å². The van der Waals surface area contributed by atoms with Crippen LogP contribution >= 0.6 is 0 Å². The van der Waals surface area contributed by atoms with Gasteiger partial charge in [0.2, 0.25) is 0 Å². The molecule has 0 bridgehead atoms. The van der Waals surface area contributed by atoms with Crippen molar-refractivity contribution in [2.24, 2.45) is 5.73 Å². The fraction of sp³-hybridized carbons (Fsp3) is 0.364. The Bertz CT molecular complexity index is 792. The molecule has 0 aliphatic heterocycles. The molecule has 1 aliphatic carbocycles. The summed E-state index contributed by atoms with van der Waals surface area (Å²) in [5, 5.41) is 0. The largest absolute Gasteiger partial charge is 0.416 e. The maximum absolute atomic E-state index is 12.8. The van der Waals surface area contributed by atoms with Crippen LogP contribution in [0.1, 0.15) is 53.5 Å². The van der Waals surface area contributed by atoms with Gasteiger partial charge in [-0.25, -0.2) is 0 Å². The van der Waals surface area contributed by atoms with Gasteiger partial charge in [0.15, 0.2) is 0 Å². The Morgan fingerprint density at radius 2 is 1.88 bits per heavy atom. The average molecular weight is 359 g/mol. The SMILES string of the molecule is CC(c1cccc2c1CCC=C2)C(N)CCc1cccc(C(F)(F)F)c1. The molecule has 0 heterocycles. The number of alkyl halides is 3. The second-order valence-electron chi connectivity index (χ2n) is 7.05. The predicted octanol–water partition coefficient (Wildman–Crippen LogP) is 5.73. The molecule has 0 aromatic heterocycles. The van der Waals surface area contributed by atoms with E-state index < -0.39 is 11.7 Å². The summed E-state index contributed by atoms with van der Waals surface area (Å²) in [6.45, 7) is 2.12. The minimum atomic E-state index is -4.30. The summed E-state index contributed by atoms with van der Waals surface area (Å²) in [5.41, 5.74) is 10.4. The Morgan fingerprint density at radius 1 is 1.12 bits per heavy atom. The van der Waals surface area contributed by atoms with Crippen LogP contribution in [0, 0.1) is 0 Å². The molecule has 2 atom stereocenters. The molecule has 0 saturated heterocycles. The highest BCUT2D eigenvalue weighted by atomic mass is 19.4. The third-order valence-electron chi connectivity index (χ3n) is 5.26. The van der Waals surface area contributed by atoms with E-state index in [1.807, 2.05) is 0 Å². The van der Waals surface area contributed by atoms with E-state index in [0.717, 1.165) is 18.9 Å². The van der Waals surface area contributed by atoms with Crippen molar-refractivity contribution in [1.29, 1.82) is 0 Å². The second kappa shape index (κ2) is 7.67. The summed E-state index contributed by atoms with van der Waals surface area (Å²) in [6, 6.07) is 11.8. The average Bonchev–Trinajstić information content (AvgIpc) is 2.64. The second-order valence-corrected chi connectivity index (χ2v) is 7.05. The number of aryl methyl sites for hydroxylation is 1. The number of hydrogen-bond acceptors (Lipinski definition) is 1. The maximum Gasteiger partial charge on any atom is 0.416 e. The van der Waals surface area contributed by atoms with E-state index in [9.17, 15) is 13.2 Å². The quantitative estimate of drug-likeness (QED) is 0.725. The highest BCUT2D eigenvalue weighted by Crippen LogP contribution is 2.32. The molecule has 0 spiro atoms. The number of halogens is 3. The monoisotopic (exact) mass is 359 g/mol. The minimum absolute atomic E-state index is 0.0954. The summed E-state index contributed by atoms with van der Waals surface area (Å²) in [5.74, 6) is 0.169. The van der Waals surface area contributed by atoms with Crippen LogP contribution in [-0.4, -0.2) is 6.04 Å². The topological polar surface area (TPSA) is 26.0 Å². The maximum atomic E-state index is 12.8. The lowest BCUT2D eigenvalue weighted by atomic mass is 9.83. The van der Waals surface area contributed by atoms with Gasteiger partial charge in [-0.1, -0.05) is 55.5 Å². The zero-order chi connectivity index (χ0) is 18.7. The fourth-order valence-electron chi connectivity index (χ4n) is 3.65. The lowest BCUT2D eigenvalue weighted by Crippen LogP contribution is -2.28. The fourth-order valence-corrected chi connectivity index (χ4v) is 3.65. The van der Waals surface area contributed by atoms with Crippen molar-refractivity contribution in [2.75, 3.05) is 0 Å². The Hall–Kier alpha value is -2.07. The molecule has 4 heteroatoms. The van der Waals surface area contributed by atoms with Crippen LogP contribution in [-0.2, 0) is 19.0 Å². The summed E-state index contributed by atoms with van der Waals surface area (Å²) < 4.78 is 38.5. The molecular formula is C22H24F3N. The molecule has 2 aromatic rings. The van der Waals surface area contributed by atoms with E-state index in [2.05, 4.69) is 37.3 Å².